The van der Waals surface area contributed by atoms with Crippen LogP contribution < -0.4 is 15.7 Å². The minimum absolute atomic E-state index is 0.127. The molecule has 3 aromatic carbocycles. The van der Waals surface area contributed by atoms with Crippen molar-refractivity contribution in [2.24, 2.45) is 0 Å². The molecule has 0 spiro atoms. The summed E-state index contributed by atoms with van der Waals surface area (Å²) in [4.78, 5) is 11.7. The third-order valence-corrected chi connectivity index (χ3v) is 7.45. The van der Waals surface area contributed by atoms with Crippen LogP contribution in [0.5, 0.6) is 0 Å². The summed E-state index contributed by atoms with van der Waals surface area (Å²) in [5, 5.41) is 4.97. The fourth-order valence-corrected chi connectivity index (χ4v) is 5.72. The van der Waals surface area contributed by atoms with Crippen LogP contribution in [0.2, 0.25) is 0 Å². The number of carbonyl (C=O) groups excluding carboxylic acids is 1. The molecule has 1 N–H and O–H groups in total. The van der Waals surface area contributed by atoms with Crippen molar-refractivity contribution in [3.05, 3.63) is 96.1 Å². The maximum Gasteiger partial charge on any atom is 0.337 e. The Hall–Kier alpha value is -2.68. The quantitative estimate of drug-likeness (QED) is 0.476. The molecule has 0 saturated heterocycles. The van der Waals surface area contributed by atoms with Crippen LogP contribution in [-0.4, -0.2) is 13.1 Å². The number of rotatable bonds is 7. The van der Waals surface area contributed by atoms with E-state index in [0.29, 0.717) is 5.56 Å². The second-order valence-corrected chi connectivity index (χ2v) is 8.99. The molecule has 144 valence electrons. The number of esters is 1. The van der Waals surface area contributed by atoms with Gasteiger partial charge in [-0.3, -0.25) is 9.65 Å². The molecular formula is C23H24NO3P. The highest BCUT2D eigenvalue weighted by molar-refractivity contribution is 7.76. The SMILES string of the molecule is CCC(NP(=O)(c1ccccc1)c1ccccc1)c1ccc(C(=O)OC)cc1. The Morgan fingerprint density at radius 2 is 1.39 bits per heavy atom. The van der Waals surface area contributed by atoms with E-state index in [1.807, 2.05) is 79.7 Å². The Labute approximate surface area is 166 Å². The number of methoxy groups -OCH3 is 1. The van der Waals surface area contributed by atoms with Gasteiger partial charge in [0.05, 0.1) is 12.7 Å². The molecule has 0 radical (unpaired) electrons. The lowest BCUT2D eigenvalue weighted by Crippen LogP contribution is -2.30. The molecule has 3 rings (SSSR count). The number of benzene rings is 3. The van der Waals surface area contributed by atoms with Crippen molar-refractivity contribution in [1.29, 1.82) is 0 Å². The summed E-state index contributed by atoms with van der Waals surface area (Å²) in [7, 11) is -1.68. The van der Waals surface area contributed by atoms with E-state index >= 15 is 0 Å². The van der Waals surface area contributed by atoms with E-state index in [1.54, 1.807) is 12.1 Å². The molecular weight excluding hydrogens is 369 g/mol. The number of ether oxygens (including phenoxy) is 1. The van der Waals surface area contributed by atoms with E-state index in [-0.39, 0.29) is 12.0 Å². The monoisotopic (exact) mass is 393 g/mol. The lowest BCUT2D eigenvalue weighted by atomic mass is 10.0. The molecule has 0 aliphatic heterocycles. The minimum Gasteiger partial charge on any atom is -0.465 e. The first-order valence-corrected chi connectivity index (χ1v) is 11.0. The first-order valence-electron chi connectivity index (χ1n) is 9.26. The molecule has 0 fully saturated rings. The van der Waals surface area contributed by atoms with Crippen molar-refractivity contribution in [1.82, 2.24) is 5.09 Å². The van der Waals surface area contributed by atoms with Crippen molar-refractivity contribution in [3.8, 4) is 0 Å². The van der Waals surface area contributed by atoms with Gasteiger partial charge in [0.15, 0.2) is 0 Å². The maximum absolute atomic E-state index is 14.2. The normalized spacial score (nSPS) is 12.4. The molecule has 0 heterocycles. The molecule has 0 saturated carbocycles. The number of nitrogens with one attached hydrogen (secondary N) is 1. The van der Waals surface area contributed by atoms with E-state index in [2.05, 4.69) is 5.09 Å². The van der Waals surface area contributed by atoms with E-state index in [0.717, 1.165) is 22.6 Å². The van der Waals surface area contributed by atoms with Crippen LogP contribution in [0.1, 0.15) is 35.3 Å². The van der Waals surface area contributed by atoms with E-state index in [9.17, 15) is 9.36 Å². The molecule has 0 aromatic heterocycles. The summed E-state index contributed by atoms with van der Waals surface area (Å²) >= 11 is 0. The summed E-state index contributed by atoms with van der Waals surface area (Å²) in [6.45, 7) is 2.05. The average molecular weight is 393 g/mol. The molecule has 0 aliphatic rings. The third-order valence-electron chi connectivity index (χ3n) is 4.72. The first kappa shape index (κ1) is 20.1. The van der Waals surface area contributed by atoms with Gasteiger partial charge >= 0.3 is 5.97 Å². The van der Waals surface area contributed by atoms with Crippen LogP contribution in [0, 0.1) is 0 Å². The van der Waals surface area contributed by atoms with Crippen molar-refractivity contribution in [3.63, 3.8) is 0 Å². The largest absolute Gasteiger partial charge is 0.465 e. The van der Waals surface area contributed by atoms with Gasteiger partial charge in [-0.25, -0.2) is 4.79 Å². The van der Waals surface area contributed by atoms with Crippen LogP contribution in [0.25, 0.3) is 0 Å². The summed E-state index contributed by atoms with van der Waals surface area (Å²) in [5.74, 6) is -0.369. The fraction of sp³-hybridized carbons (Fsp3) is 0.174. The molecule has 1 atom stereocenters. The first-order chi connectivity index (χ1) is 13.6. The lowest BCUT2D eigenvalue weighted by molar-refractivity contribution is 0.0600. The Bertz CT molecular complexity index is 913. The molecule has 1 unspecified atom stereocenters. The Kier molecular flexibility index (Phi) is 6.45. The Morgan fingerprint density at radius 3 is 1.82 bits per heavy atom. The van der Waals surface area contributed by atoms with Crippen LogP contribution in [0.15, 0.2) is 84.9 Å². The second-order valence-electron chi connectivity index (χ2n) is 6.48. The second kappa shape index (κ2) is 9.01. The highest BCUT2D eigenvalue weighted by Crippen LogP contribution is 2.42. The van der Waals surface area contributed by atoms with E-state index in [4.69, 9.17) is 4.74 Å². The van der Waals surface area contributed by atoms with Crippen molar-refractivity contribution in [2.45, 2.75) is 19.4 Å². The number of hydrogen-bond donors (Lipinski definition) is 1. The van der Waals surface area contributed by atoms with Crippen LogP contribution in [0.4, 0.5) is 0 Å². The van der Waals surface area contributed by atoms with Crippen LogP contribution in [-0.2, 0) is 9.30 Å². The van der Waals surface area contributed by atoms with Crippen molar-refractivity contribution < 1.29 is 14.1 Å². The third kappa shape index (κ3) is 4.24. The molecule has 4 nitrogen and oxygen atoms in total. The molecule has 3 aromatic rings. The maximum atomic E-state index is 14.2. The van der Waals surface area contributed by atoms with Gasteiger partial charge in [-0.1, -0.05) is 55.5 Å². The van der Waals surface area contributed by atoms with Crippen molar-refractivity contribution >= 4 is 23.9 Å². The number of hydrogen-bond acceptors (Lipinski definition) is 3. The van der Waals surface area contributed by atoms with Crippen molar-refractivity contribution in [2.75, 3.05) is 7.11 Å². The zero-order valence-corrected chi connectivity index (χ0v) is 16.9. The van der Waals surface area contributed by atoms with E-state index < -0.39 is 7.29 Å². The smallest absolute Gasteiger partial charge is 0.337 e. The van der Waals surface area contributed by atoms with Gasteiger partial charge in [0, 0.05) is 16.7 Å². The molecule has 0 amide bonds. The fourth-order valence-electron chi connectivity index (χ4n) is 3.16. The van der Waals surface area contributed by atoms with Gasteiger partial charge in [0.1, 0.15) is 0 Å². The van der Waals surface area contributed by atoms with Crippen LogP contribution >= 0.6 is 7.29 Å². The van der Waals surface area contributed by atoms with Gasteiger partial charge in [-0.15, -0.1) is 0 Å². The summed E-state index contributed by atoms with van der Waals surface area (Å²) in [5.41, 5.74) is 1.47. The summed E-state index contributed by atoms with van der Waals surface area (Å²) < 4.78 is 19.0. The standard InChI is InChI=1S/C23H24NO3P/c1-3-22(18-14-16-19(17-15-18)23(25)27-2)24-28(26,20-10-6-4-7-11-20)21-12-8-5-9-13-21/h4-17,22H,3H2,1-2H3,(H,24,26). The predicted molar refractivity (Wildman–Crippen MR) is 114 cm³/mol. The lowest BCUT2D eigenvalue weighted by Gasteiger charge is -2.27. The topological polar surface area (TPSA) is 55.4 Å². The Balaban J connectivity index is 1.97. The van der Waals surface area contributed by atoms with Crippen LogP contribution in [0.3, 0.4) is 0 Å². The predicted octanol–water partition coefficient (Wildman–Crippen LogP) is 4.44. The molecule has 0 aliphatic carbocycles. The molecule has 0 bridgehead atoms. The minimum atomic E-state index is -3.04. The molecule has 28 heavy (non-hydrogen) atoms. The van der Waals surface area contributed by atoms with Gasteiger partial charge in [0.2, 0.25) is 7.29 Å². The van der Waals surface area contributed by atoms with E-state index in [1.165, 1.54) is 7.11 Å². The number of carbonyl (C=O) groups is 1. The zero-order chi connectivity index (χ0) is 20.0. The van der Waals surface area contributed by atoms with Gasteiger partial charge in [-0.05, 0) is 48.4 Å². The average Bonchev–Trinajstić information content (AvgIpc) is 2.78. The zero-order valence-electron chi connectivity index (χ0n) is 16.0. The Morgan fingerprint density at radius 1 is 0.893 bits per heavy atom. The summed E-state index contributed by atoms with van der Waals surface area (Å²) in [6, 6.07) is 26.1. The molecule has 5 heteroatoms. The van der Waals surface area contributed by atoms with Gasteiger partial charge in [-0.2, -0.15) is 0 Å². The van der Waals surface area contributed by atoms with Gasteiger partial charge in [0.25, 0.3) is 0 Å². The highest BCUT2D eigenvalue weighted by Gasteiger charge is 2.30. The summed E-state index contributed by atoms with van der Waals surface area (Å²) in [6.07, 6.45) is 0.751. The van der Waals surface area contributed by atoms with Gasteiger partial charge < -0.3 is 4.74 Å². The highest BCUT2D eigenvalue weighted by atomic mass is 31.2.